The number of thiophene rings is 1. The van der Waals surface area contributed by atoms with E-state index in [2.05, 4.69) is 14.9 Å². The van der Waals surface area contributed by atoms with Crippen molar-refractivity contribution in [3.8, 4) is 0 Å². The number of aliphatic hydroxyl groups excluding tert-OH is 1. The van der Waals surface area contributed by atoms with Crippen molar-refractivity contribution in [2.75, 3.05) is 44.2 Å². The van der Waals surface area contributed by atoms with Gasteiger partial charge in [0.05, 0.1) is 39.4 Å². The van der Waals surface area contributed by atoms with Crippen LogP contribution in [0.2, 0.25) is 0 Å². The maximum atomic E-state index is 10.1. The number of aliphatic hydroxyl groups is 1. The van der Waals surface area contributed by atoms with E-state index in [0.717, 1.165) is 38.7 Å². The monoisotopic (exact) mass is 335 g/mol. The van der Waals surface area contributed by atoms with Crippen LogP contribution in [0.1, 0.15) is 4.88 Å². The van der Waals surface area contributed by atoms with Crippen LogP contribution in [0.15, 0.2) is 36.0 Å². The van der Waals surface area contributed by atoms with Gasteiger partial charge in [-0.05, 0) is 17.5 Å². The minimum atomic E-state index is -0.413. The van der Waals surface area contributed by atoms with Crippen LogP contribution >= 0.6 is 11.3 Å². The van der Waals surface area contributed by atoms with Crippen LogP contribution in [0.4, 0.5) is 5.95 Å². The Labute approximate surface area is 140 Å². The predicted octanol–water partition coefficient (Wildman–Crippen LogP) is -0.179. The number of ether oxygens (including phenoxy) is 1. The number of hydrogen-bond acceptors (Lipinski definition) is 6. The molecule has 3 rings (SSSR count). The standard InChI is InChI=1S/C16H22N4O2S/c21-14(12-22-13-15-3-1-10-23-15)11-19-6-8-20(9-7-19)16-17-4-2-5-18-16/h1-5,10,14,21H,6-9,11-13H2/p+1/t14-/m1/s1. The fourth-order valence-electron chi connectivity index (χ4n) is 2.76. The number of piperazine rings is 1. The number of aromatic nitrogens is 2. The summed E-state index contributed by atoms with van der Waals surface area (Å²) in [6, 6.07) is 5.89. The quantitative estimate of drug-likeness (QED) is 0.735. The van der Waals surface area contributed by atoms with E-state index in [0.29, 0.717) is 13.2 Å². The first-order valence-corrected chi connectivity index (χ1v) is 8.83. The van der Waals surface area contributed by atoms with Gasteiger partial charge >= 0.3 is 0 Å². The van der Waals surface area contributed by atoms with Crippen LogP contribution in [0.25, 0.3) is 0 Å². The molecule has 0 bridgehead atoms. The second-order valence-corrected chi connectivity index (χ2v) is 6.77. The van der Waals surface area contributed by atoms with E-state index in [4.69, 9.17) is 4.74 Å². The van der Waals surface area contributed by atoms with Crippen molar-refractivity contribution in [3.05, 3.63) is 40.8 Å². The Hall–Kier alpha value is -1.54. The Morgan fingerprint density at radius 2 is 2.04 bits per heavy atom. The van der Waals surface area contributed by atoms with Crippen molar-refractivity contribution < 1.29 is 14.7 Å². The van der Waals surface area contributed by atoms with Crippen LogP contribution in [-0.4, -0.2) is 60.5 Å². The predicted molar refractivity (Wildman–Crippen MR) is 89.8 cm³/mol. The summed E-state index contributed by atoms with van der Waals surface area (Å²) >= 11 is 1.68. The summed E-state index contributed by atoms with van der Waals surface area (Å²) in [7, 11) is 0. The SMILES string of the molecule is O[C@@H](COCc1cccs1)C[NH+]1CCN(c2ncccn2)CC1. The average molecular weight is 335 g/mol. The second kappa shape index (κ2) is 8.35. The molecule has 0 aliphatic carbocycles. The molecule has 0 aromatic carbocycles. The van der Waals surface area contributed by atoms with E-state index < -0.39 is 6.10 Å². The molecule has 1 fully saturated rings. The third-order valence-corrected chi connectivity index (χ3v) is 4.81. The van der Waals surface area contributed by atoms with Crippen molar-refractivity contribution in [2.45, 2.75) is 12.7 Å². The highest BCUT2D eigenvalue weighted by atomic mass is 32.1. The number of anilines is 1. The van der Waals surface area contributed by atoms with Crippen molar-refractivity contribution in [3.63, 3.8) is 0 Å². The topological polar surface area (TPSA) is 62.9 Å². The summed E-state index contributed by atoms with van der Waals surface area (Å²) in [6.07, 6.45) is 3.14. The Bertz CT molecular complexity index is 559. The fourth-order valence-corrected chi connectivity index (χ4v) is 3.40. The highest BCUT2D eigenvalue weighted by Crippen LogP contribution is 2.09. The molecule has 2 aromatic rings. The Morgan fingerprint density at radius 1 is 1.26 bits per heavy atom. The first-order valence-electron chi connectivity index (χ1n) is 7.95. The highest BCUT2D eigenvalue weighted by Gasteiger charge is 2.23. The zero-order chi connectivity index (χ0) is 15.9. The minimum absolute atomic E-state index is 0.396. The molecule has 1 atom stereocenters. The highest BCUT2D eigenvalue weighted by molar-refractivity contribution is 7.09. The Kier molecular flexibility index (Phi) is 5.93. The summed E-state index contributed by atoms with van der Waals surface area (Å²) < 4.78 is 5.59. The third kappa shape index (κ3) is 4.97. The number of rotatable bonds is 7. The van der Waals surface area contributed by atoms with Crippen molar-refractivity contribution in [1.82, 2.24) is 9.97 Å². The first kappa shape index (κ1) is 16.3. The van der Waals surface area contributed by atoms with Crippen molar-refractivity contribution >= 4 is 17.3 Å². The summed E-state index contributed by atoms with van der Waals surface area (Å²) in [4.78, 5) is 13.4. The van der Waals surface area contributed by atoms with Crippen LogP contribution < -0.4 is 9.80 Å². The lowest BCUT2D eigenvalue weighted by Crippen LogP contribution is -3.16. The second-order valence-electron chi connectivity index (χ2n) is 5.74. The molecule has 2 N–H and O–H groups in total. The largest absolute Gasteiger partial charge is 0.385 e. The molecular weight excluding hydrogens is 312 g/mol. The lowest BCUT2D eigenvalue weighted by molar-refractivity contribution is -0.903. The van der Waals surface area contributed by atoms with Crippen LogP contribution in [0, 0.1) is 0 Å². The molecule has 1 aliphatic rings. The first-order chi connectivity index (χ1) is 11.3. The molecule has 0 saturated carbocycles. The molecule has 124 valence electrons. The van der Waals surface area contributed by atoms with Gasteiger partial charge in [-0.25, -0.2) is 9.97 Å². The number of nitrogens with one attached hydrogen (secondary N) is 1. The number of nitrogens with zero attached hydrogens (tertiary/aromatic N) is 3. The van der Waals surface area contributed by atoms with Gasteiger partial charge in [-0.3, -0.25) is 0 Å². The number of hydrogen-bond donors (Lipinski definition) is 2. The van der Waals surface area contributed by atoms with Gasteiger partial charge in [0, 0.05) is 17.3 Å². The molecule has 1 aliphatic heterocycles. The van der Waals surface area contributed by atoms with Gasteiger partial charge in [0.2, 0.25) is 5.95 Å². The van der Waals surface area contributed by atoms with Gasteiger partial charge < -0.3 is 19.6 Å². The van der Waals surface area contributed by atoms with Gasteiger partial charge in [0.15, 0.2) is 0 Å². The Balaban J connectivity index is 1.35. The van der Waals surface area contributed by atoms with Gasteiger partial charge in [-0.1, -0.05) is 6.07 Å². The van der Waals surface area contributed by atoms with Gasteiger partial charge in [-0.15, -0.1) is 11.3 Å². The van der Waals surface area contributed by atoms with Crippen LogP contribution in [0.5, 0.6) is 0 Å². The van der Waals surface area contributed by atoms with Gasteiger partial charge in [-0.2, -0.15) is 0 Å². The van der Waals surface area contributed by atoms with Crippen LogP contribution in [0.3, 0.4) is 0 Å². The van der Waals surface area contributed by atoms with E-state index in [1.807, 2.05) is 23.6 Å². The normalized spacial score (nSPS) is 17.3. The molecule has 0 unspecified atom stereocenters. The zero-order valence-corrected chi connectivity index (χ0v) is 13.9. The molecule has 6 nitrogen and oxygen atoms in total. The summed E-state index contributed by atoms with van der Waals surface area (Å²) in [5.74, 6) is 0.798. The van der Waals surface area contributed by atoms with E-state index in [9.17, 15) is 5.11 Å². The molecule has 0 amide bonds. The molecule has 2 aromatic heterocycles. The van der Waals surface area contributed by atoms with Crippen molar-refractivity contribution in [1.29, 1.82) is 0 Å². The summed E-state index contributed by atoms with van der Waals surface area (Å²) in [5, 5.41) is 12.2. The molecule has 7 heteroatoms. The van der Waals surface area contributed by atoms with Crippen LogP contribution in [-0.2, 0) is 11.3 Å². The molecule has 3 heterocycles. The number of quaternary nitrogens is 1. The lowest BCUT2D eigenvalue weighted by atomic mass is 10.2. The molecule has 0 spiro atoms. The third-order valence-electron chi connectivity index (χ3n) is 3.96. The maximum absolute atomic E-state index is 10.1. The zero-order valence-electron chi connectivity index (χ0n) is 13.1. The average Bonchev–Trinajstić information content (AvgIpc) is 3.10. The van der Waals surface area contributed by atoms with E-state index in [1.165, 1.54) is 9.78 Å². The summed E-state index contributed by atoms with van der Waals surface area (Å²) in [6.45, 7) is 5.52. The van der Waals surface area contributed by atoms with Gasteiger partial charge in [0.1, 0.15) is 12.6 Å². The van der Waals surface area contributed by atoms with Crippen molar-refractivity contribution in [2.24, 2.45) is 0 Å². The molecular formula is C16H23N4O2S+. The van der Waals surface area contributed by atoms with Gasteiger partial charge in [0.25, 0.3) is 0 Å². The maximum Gasteiger partial charge on any atom is 0.225 e. The molecule has 1 saturated heterocycles. The molecule has 23 heavy (non-hydrogen) atoms. The van der Waals surface area contributed by atoms with E-state index in [1.54, 1.807) is 23.7 Å². The fraction of sp³-hybridized carbons (Fsp3) is 0.500. The van der Waals surface area contributed by atoms with E-state index >= 15 is 0 Å². The van der Waals surface area contributed by atoms with E-state index in [-0.39, 0.29) is 0 Å². The molecule has 0 radical (unpaired) electrons. The summed E-state index contributed by atoms with van der Waals surface area (Å²) in [5.41, 5.74) is 0. The Morgan fingerprint density at radius 3 is 2.74 bits per heavy atom. The smallest absolute Gasteiger partial charge is 0.225 e. The lowest BCUT2D eigenvalue weighted by Gasteiger charge is -2.32. The minimum Gasteiger partial charge on any atom is -0.385 e.